The van der Waals surface area contributed by atoms with Crippen molar-refractivity contribution in [2.75, 3.05) is 19.6 Å². The lowest BCUT2D eigenvalue weighted by atomic mass is 10.0. The van der Waals surface area contributed by atoms with Crippen molar-refractivity contribution >= 4 is 10.0 Å². The largest absolute Gasteiger partial charge is 0.295 e. The van der Waals surface area contributed by atoms with Gasteiger partial charge in [-0.2, -0.15) is 5.10 Å². The number of aromatic nitrogens is 2. The Morgan fingerprint density at radius 1 is 1.21 bits per heavy atom. The molecule has 1 aliphatic heterocycles. The molecule has 0 saturated heterocycles. The van der Waals surface area contributed by atoms with E-state index in [9.17, 15) is 8.42 Å². The molecule has 6 nitrogen and oxygen atoms in total. The second kappa shape index (κ2) is 6.77. The van der Waals surface area contributed by atoms with Gasteiger partial charge in [0.1, 0.15) is 0 Å². The van der Waals surface area contributed by atoms with Gasteiger partial charge in [0, 0.05) is 32.4 Å². The Labute approximate surface area is 144 Å². The van der Waals surface area contributed by atoms with Crippen molar-refractivity contribution in [3.63, 3.8) is 0 Å². The van der Waals surface area contributed by atoms with Gasteiger partial charge in [0.2, 0.25) is 10.0 Å². The molecule has 1 aromatic rings. The normalized spacial score (nSPS) is 25.9. The fraction of sp³-hybridized carbons (Fsp3) is 0.824. The molecule has 0 aromatic carbocycles. The molecular formula is C17H28N4O2S. The van der Waals surface area contributed by atoms with Crippen molar-refractivity contribution in [2.24, 2.45) is 5.92 Å². The highest BCUT2D eigenvalue weighted by Crippen LogP contribution is 2.30. The SMILES string of the molecule is O=S(=O)(NCC[C@H]1CN(CC2CCCC2)Cc2ccnn21)C1CC1. The predicted octanol–water partition coefficient (Wildman–Crippen LogP) is 1.90. The van der Waals surface area contributed by atoms with E-state index in [-0.39, 0.29) is 11.3 Å². The highest BCUT2D eigenvalue weighted by atomic mass is 32.2. The van der Waals surface area contributed by atoms with Crippen LogP contribution in [0.1, 0.15) is 56.7 Å². The Morgan fingerprint density at radius 3 is 2.75 bits per heavy atom. The zero-order chi connectivity index (χ0) is 16.6. The molecule has 3 aliphatic rings. The summed E-state index contributed by atoms with van der Waals surface area (Å²) >= 11 is 0. The number of hydrogen-bond donors (Lipinski definition) is 1. The van der Waals surface area contributed by atoms with Crippen LogP contribution in [0.2, 0.25) is 0 Å². The van der Waals surface area contributed by atoms with Crippen molar-refractivity contribution in [1.29, 1.82) is 0 Å². The Morgan fingerprint density at radius 2 is 2.00 bits per heavy atom. The van der Waals surface area contributed by atoms with Crippen LogP contribution in [0.5, 0.6) is 0 Å². The Kier molecular flexibility index (Phi) is 4.66. The molecule has 1 atom stereocenters. The zero-order valence-electron chi connectivity index (χ0n) is 14.2. The first-order chi connectivity index (χ1) is 11.6. The summed E-state index contributed by atoms with van der Waals surface area (Å²) in [6, 6.07) is 2.37. The third kappa shape index (κ3) is 3.68. The molecule has 0 amide bonds. The van der Waals surface area contributed by atoms with Gasteiger partial charge >= 0.3 is 0 Å². The van der Waals surface area contributed by atoms with Crippen molar-refractivity contribution in [2.45, 2.75) is 62.8 Å². The van der Waals surface area contributed by atoms with E-state index in [1.165, 1.54) is 37.9 Å². The molecule has 0 spiro atoms. The molecule has 7 heteroatoms. The Balaban J connectivity index is 1.36. The minimum Gasteiger partial charge on any atom is -0.295 e. The van der Waals surface area contributed by atoms with Crippen LogP contribution in [-0.2, 0) is 16.6 Å². The van der Waals surface area contributed by atoms with Crippen LogP contribution in [0, 0.1) is 5.92 Å². The van der Waals surface area contributed by atoms with E-state index in [0.29, 0.717) is 6.54 Å². The van der Waals surface area contributed by atoms with Gasteiger partial charge in [0.15, 0.2) is 0 Å². The van der Waals surface area contributed by atoms with Gasteiger partial charge in [-0.1, -0.05) is 12.8 Å². The second-order valence-corrected chi connectivity index (χ2v) is 9.74. The maximum atomic E-state index is 12.0. The molecule has 0 radical (unpaired) electrons. The zero-order valence-corrected chi connectivity index (χ0v) is 15.0. The fourth-order valence-corrected chi connectivity index (χ4v) is 5.63. The molecule has 134 valence electrons. The van der Waals surface area contributed by atoms with Crippen LogP contribution in [0.3, 0.4) is 0 Å². The van der Waals surface area contributed by atoms with E-state index < -0.39 is 10.0 Å². The number of nitrogens with zero attached hydrogens (tertiary/aromatic N) is 3. The number of fused-ring (bicyclic) bond motifs is 1. The molecule has 1 aromatic heterocycles. The maximum absolute atomic E-state index is 12.0. The van der Waals surface area contributed by atoms with Gasteiger partial charge in [0.05, 0.1) is 17.0 Å². The van der Waals surface area contributed by atoms with Crippen molar-refractivity contribution in [3.8, 4) is 0 Å². The molecule has 2 saturated carbocycles. The van der Waals surface area contributed by atoms with Crippen molar-refractivity contribution in [3.05, 3.63) is 18.0 Å². The van der Waals surface area contributed by atoms with E-state index >= 15 is 0 Å². The maximum Gasteiger partial charge on any atom is 0.214 e. The van der Waals surface area contributed by atoms with Gasteiger partial charge in [0.25, 0.3) is 0 Å². The van der Waals surface area contributed by atoms with Gasteiger partial charge in [-0.3, -0.25) is 9.58 Å². The minimum absolute atomic E-state index is 0.136. The third-order valence-electron chi connectivity index (χ3n) is 5.69. The highest BCUT2D eigenvalue weighted by molar-refractivity contribution is 7.90. The van der Waals surface area contributed by atoms with Crippen LogP contribution < -0.4 is 4.72 Å². The molecular weight excluding hydrogens is 324 g/mol. The lowest BCUT2D eigenvalue weighted by Crippen LogP contribution is -2.41. The van der Waals surface area contributed by atoms with Crippen LogP contribution in [0.4, 0.5) is 0 Å². The average Bonchev–Trinajstić information content (AvgIpc) is 3.11. The number of sulfonamides is 1. The van der Waals surface area contributed by atoms with Gasteiger partial charge in [-0.05, 0) is 44.1 Å². The van der Waals surface area contributed by atoms with Gasteiger partial charge < -0.3 is 0 Å². The summed E-state index contributed by atoms with van der Waals surface area (Å²) in [5.41, 5.74) is 1.26. The average molecular weight is 353 g/mol. The molecule has 2 heterocycles. The molecule has 0 unspecified atom stereocenters. The topological polar surface area (TPSA) is 67.2 Å². The van der Waals surface area contributed by atoms with Crippen LogP contribution in [0.25, 0.3) is 0 Å². The minimum atomic E-state index is -3.08. The fourth-order valence-electron chi connectivity index (χ4n) is 4.24. The monoisotopic (exact) mass is 352 g/mol. The van der Waals surface area contributed by atoms with Crippen molar-refractivity contribution < 1.29 is 8.42 Å². The lowest BCUT2D eigenvalue weighted by Gasteiger charge is -2.35. The molecule has 2 fully saturated rings. The summed E-state index contributed by atoms with van der Waals surface area (Å²) < 4.78 is 28.9. The third-order valence-corrected chi connectivity index (χ3v) is 7.64. The van der Waals surface area contributed by atoms with E-state index in [1.54, 1.807) is 0 Å². The number of rotatable bonds is 7. The molecule has 4 rings (SSSR count). The predicted molar refractivity (Wildman–Crippen MR) is 93.1 cm³/mol. The molecule has 2 aliphatic carbocycles. The molecule has 0 bridgehead atoms. The summed E-state index contributed by atoms with van der Waals surface area (Å²) in [5, 5.41) is 4.34. The highest BCUT2D eigenvalue weighted by Gasteiger charge is 2.35. The first-order valence-electron chi connectivity index (χ1n) is 9.35. The number of nitrogens with one attached hydrogen (secondary N) is 1. The lowest BCUT2D eigenvalue weighted by molar-refractivity contribution is 0.147. The second-order valence-electron chi connectivity index (χ2n) is 7.69. The van der Waals surface area contributed by atoms with Crippen molar-refractivity contribution in [1.82, 2.24) is 19.4 Å². The summed E-state index contributed by atoms with van der Waals surface area (Å²) in [6.45, 7) is 3.65. The van der Waals surface area contributed by atoms with E-state index in [4.69, 9.17) is 0 Å². The summed E-state index contributed by atoms with van der Waals surface area (Å²) in [6.07, 6.45) is 9.79. The summed E-state index contributed by atoms with van der Waals surface area (Å²) in [5.74, 6) is 0.841. The van der Waals surface area contributed by atoms with Gasteiger partial charge in [-0.15, -0.1) is 0 Å². The smallest absolute Gasteiger partial charge is 0.214 e. The van der Waals surface area contributed by atoms with Gasteiger partial charge in [-0.25, -0.2) is 13.1 Å². The van der Waals surface area contributed by atoms with Crippen LogP contribution >= 0.6 is 0 Å². The van der Waals surface area contributed by atoms with Crippen LogP contribution in [-0.4, -0.2) is 48.0 Å². The van der Waals surface area contributed by atoms with E-state index in [1.807, 2.05) is 6.20 Å². The molecule has 24 heavy (non-hydrogen) atoms. The Bertz CT molecular complexity index is 662. The standard InChI is InChI=1S/C17H28N4O2S/c22-24(23,17-5-6-17)19-10-8-16-13-20(11-14-3-1-2-4-14)12-15-7-9-18-21(15)16/h7,9,14,16-17,19H,1-6,8,10-13H2/t16-/m0/s1. The molecule has 1 N–H and O–H groups in total. The first kappa shape index (κ1) is 16.5. The summed E-state index contributed by atoms with van der Waals surface area (Å²) in [7, 11) is -3.08. The first-order valence-corrected chi connectivity index (χ1v) is 10.9. The quantitative estimate of drug-likeness (QED) is 0.814. The Hall–Kier alpha value is -0.920. The summed E-state index contributed by atoms with van der Waals surface area (Å²) in [4.78, 5) is 2.55. The van der Waals surface area contributed by atoms with Crippen LogP contribution in [0.15, 0.2) is 12.3 Å². The number of hydrogen-bond acceptors (Lipinski definition) is 4. The van der Waals surface area contributed by atoms with E-state index in [2.05, 4.69) is 25.5 Å². The van der Waals surface area contributed by atoms with E-state index in [0.717, 1.165) is 38.3 Å².